The van der Waals surface area contributed by atoms with E-state index in [9.17, 15) is 0 Å². The Morgan fingerprint density at radius 3 is 2.12 bits per heavy atom. The molecule has 4 rings (SSSR count). The van der Waals surface area contributed by atoms with Gasteiger partial charge in [-0.15, -0.1) is 0 Å². The SMILES string of the molecule is Cc1cccc2c1C=C(CO)C2.Cc1cccc2c1CC(CO)=C2. The second-order valence-electron chi connectivity index (χ2n) is 6.57. The van der Waals surface area contributed by atoms with Crippen molar-refractivity contribution in [2.75, 3.05) is 13.2 Å². The maximum atomic E-state index is 8.96. The number of aliphatic hydroxyl groups is 2. The molecule has 2 aliphatic rings. The number of hydrogen-bond acceptors (Lipinski definition) is 2. The van der Waals surface area contributed by atoms with E-state index in [0.29, 0.717) is 0 Å². The van der Waals surface area contributed by atoms with E-state index < -0.39 is 0 Å². The van der Waals surface area contributed by atoms with Crippen LogP contribution < -0.4 is 0 Å². The van der Waals surface area contributed by atoms with E-state index >= 15 is 0 Å². The zero-order chi connectivity index (χ0) is 17.1. The van der Waals surface area contributed by atoms with Crippen LogP contribution in [0.5, 0.6) is 0 Å². The van der Waals surface area contributed by atoms with Crippen LogP contribution in [-0.4, -0.2) is 23.4 Å². The Kier molecular flexibility index (Phi) is 4.98. The highest BCUT2D eigenvalue weighted by Crippen LogP contribution is 2.27. The Morgan fingerprint density at radius 2 is 1.46 bits per heavy atom. The van der Waals surface area contributed by atoms with Gasteiger partial charge in [-0.1, -0.05) is 48.6 Å². The van der Waals surface area contributed by atoms with E-state index in [1.54, 1.807) is 0 Å². The number of rotatable bonds is 2. The second kappa shape index (κ2) is 7.16. The van der Waals surface area contributed by atoms with Gasteiger partial charge in [0.25, 0.3) is 0 Å². The fourth-order valence-corrected chi connectivity index (χ4v) is 3.40. The zero-order valence-electron chi connectivity index (χ0n) is 14.3. The summed E-state index contributed by atoms with van der Waals surface area (Å²) in [5, 5.41) is 17.9. The summed E-state index contributed by atoms with van der Waals surface area (Å²) in [6.45, 7) is 4.60. The topological polar surface area (TPSA) is 40.5 Å². The molecule has 2 N–H and O–H groups in total. The van der Waals surface area contributed by atoms with E-state index in [4.69, 9.17) is 10.2 Å². The van der Waals surface area contributed by atoms with Gasteiger partial charge >= 0.3 is 0 Å². The van der Waals surface area contributed by atoms with Gasteiger partial charge in [0, 0.05) is 0 Å². The summed E-state index contributed by atoms with van der Waals surface area (Å²) in [7, 11) is 0. The van der Waals surface area contributed by atoms with E-state index in [-0.39, 0.29) is 13.2 Å². The van der Waals surface area contributed by atoms with Crippen molar-refractivity contribution in [3.05, 3.63) is 80.9 Å². The molecule has 0 aromatic heterocycles. The van der Waals surface area contributed by atoms with Gasteiger partial charge in [-0.3, -0.25) is 0 Å². The third kappa shape index (κ3) is 3.35. The van der Waals surface area contributed by atoms with Gasteiger partial charge in [0.15, 0.2) is 0 Å². The summed E-state index contributed by atoms with van der Waals surface area (Å²) < 4.78 is 0. The molecule has 2 aliphatic carbocycles. The molecule has 2 aromatic rings. The third-order valence-corrected chi connectivity index (χ3v) is 4.80. The van der Waals surface area contributed by atoms with Crippen LogP contribution in [0.25, 0.3) is 12.2 Å². The number of benzene rings is 2. The maximum Gasteiger partial charge on any atom is 0.0648 e. The lowest BCUT2D eigenvalue weighted by atomic mass is 10.0. The lowest BCUT2D eigenvalue weighted by Crippen LogP contribution is -1.91. The van der Waals surface area contributed by atoms with Crippen LogP contribution in [0.15, 0.2) is 47.5 Å². The van der Waals surface area contributed by atoms with Crippen molar-refractivity contribution in [2.45, 2.75) is 26.7 Å². The fraction of sp³-hybridized carbons (Fsp3) is 0.273. The highest BCUT2D eigenvalue weighted by atomic mass is 16.3. The number of aryl methyl sites for hydroxylation is 2. The first-order valence-electron chi connectivity index (χ1n) is 8.40. The predicted molar refractivity (Wildman–Crippen MR) is 99.9 cm³/mol. The van der Waals surface area contributed by atoms with Gasteiger partial charge in [-0.2, -0.15) is 0 Å². The van der Waals surface area contributed by atoms with Gasteiger partial charge in [-0.05, 0) is 71.2 Å². The second-order valence-corrected chi connectivity index (χ2v) is 6.57. The van der Waals surface area contributed by atoms with Gasteiger partial charge in [0.2, 0.25) is 0 Å². The first-order valence-corrected chi connectivity index (χ1v) is 8.40. The van der Waals surface area contributed by atoms with Crippen molar-refractivity contribution in [1.82, 2.24) is 0 Å². The lowest BCUT2D eigenvalue weighted by molar-refractivity contribution is 0.330. The molecule has 24 heavy (non-hydrogen) atoms. The fourth-order valence-electron chi connectivity index (χ4n) is 3.40. The van der Waals surface area contributed by atoms with E-state index in [2.05, 4.69) is 62.4 Å². The van der Waals surface area contributed by atoms with Crippen LogP contribution in [0.4, 0.5) is 0 Å². The van der Waals surface area contributed by atoms with Gasteiger partial charge in [-0.25, -0.2) is 0 Å². The van der Waals surface area contributed by atoms with E-state index in [0.717, 1.165) is 24.0 Å². The van der Waals surface area contributed by atoms with Gasteiger partial charge in [0.05, 0.1) is 13.2 Å². The molecule has 0 fully saturated rings. The summed E-state index contributed by atoms with van der Waals surface area (Å²) in [6, 6.07) is 12.6. The van der Waals surface area contributed by atoms with Crippen molar-refractivity contribution in [2.24, 2.45) is 0 Å². The summed E-state index contributed by atoms with van der Waals surface area (Å²) in [5.41, 5.74) is 10.2. The van der Waals surface area contributed by atoms with Crippen molar-refractivity contribution in [3.63, 3.8) is 0 Å². The molecule has 0 unspecified atom stereocenters. The molecule has 0 amide bonds. The monoisotopic (exact) mass is 320 g/mol. The van der Waals surface area contributed by atoms with Crippen LogP contribution >= 0.6 is 0 Å². The smallest absolute Gasteiger partial charge is 0.0648 e. The summed E-state index contributed by atoms with van der Waals surface area (Å²) in [6.07, 6.45) is 6.04. The minimum atomic E-state index is 0.189. The minimum Gasteiger partial charge on any atom is -0.392 e. The molecule has 0 radical (unpaired) electrons. The van der Waals surface area contributed by atoms with Gasteiger partial charge < -0.3 is 10.2 Å². The molecule has 124 valence electrons. The predicted octanol–water partition coefficient (Wildman–Crippen LogP) is 3.85. The summed E-state index contributed by atoms with van der Waals surface area (Å²) in [4.78, 5) is 0. The van der Waals surface area contributed by atoms with Crippen LogP contribution in [-0.2, 0) is 12.8 Å². The summed E-state index contributed by atoms with van der Waals surface area (Å²) >= 11 is 0. The Morgan fingerprint density at radius 1 is 0.792 bits per heavy atom. The Bertz CT molecular complexity index is 813. The lowest BCUT2D eigenvalue weighted by Gasteiger charge is -2.02. The first-order chi connectivity index (χ1) is 11.6. The molecule has 0 saturated heterocycles. The van der Waals surface area contributed by atoms with Crippen LogP contribution in [0, 0.1) is 13.8 Å². The largest absolute Gasteiger partial charge is 0.392 e. The van der Waals surface area contributed by atoms with Gasteiger partial charge in [0.1, 0.15) is 0 Å². The molecule has 0 aliphatic heterocycles. The van der Waals surface area contributed by atoms with Crippen LogP contribution in [0.2, 0.25) is 0 Å². The molecule has 2 nitrogen and oxygen atoms in total. The molecule has 0 saturated carbocycles. The zero-order valence-corrected chi connectivity index (χ0v) is 14.3. The van der Waals surface area contributed by atoms with Crippen molar-refractivity contribution < 1.29 is 10.2 Å². The molecule has 0 atom stereocenters. The first kappa shape index (κ1) is 16.7. The molecule has 0 spiro atoms. The van der Waals surface area contributed by atoms with Crippen molar-refractivity contribution >= 4 is 12.2 Å². The van der Waals surface area contributed by atoms with E-state index in [1.807, 2.05) is 0 Å². The summed E-state index contributed by atoms with van der Waals surface area (Å²) in [5.74, 6) is 0. The van der Waals surface area contributed by atoms with Crippen molar-refractivity contribution in [1.29, 1.82) is 0 Å². The number of hydrogen-bond donors (Lipinski definition) is 2. The normalized spacial score (nSPS) is 14.3. The minimum absolute atomic E-state index is 0.189. The number of fused-ring (bicyclic) bond motifs is 2. The average molecular weight is 320 g/mol. The highest BCUT2D eigenvalue weighted by Gasteiger charge is 2.13. The van der Waals surface area contributed by atoms with Crippen LogP contribution in [0.3, 0.4) is 0 Å². The Labute approximate surface area is 143 Å². The van der Waals surface area contributed by atoms with E-state index in [1.165, 1.54) is 33.4 Å². The molecule has 0 bridgehead atoms. The Balaban J connectivity index is 0.000000141. The standard InChI is InChI=1S/2C11H12O/c2*1-8-3-2-4-10-5-9(7-12)6-11(8)10/h2-4,6,12H,5,7H2,1H3;2-5,12H,6-7H2,1H3. The molecule has 0 heterocycles. The highest BCUT2D eigenvalue weighted by molar-refractivity contribution is 5.67. The molecular formula is C22H24O2. The third-order valence-electron chi connectivity index (χ3n) is 4.80. The van der Waals surface area contributed by atoms with Crippen molar-refractivity contribution in [3.8, 4) is 0 Å². The average Bonchev–Trinajstić information content (AvgIpc) is 3.20. The molecular weight excluding hydrogens is 296 g/mol. The maximum absolute atomic E-state index is 8.96. The molecule has 2 heteroatoms. The Hall–Kier alpha value is -2.16. The quantitative estimate of drug-likeness (QED) is 0.882. The van der Waals surface area contributed by atoms with Crippen LogP contribution in [0.1, 0.15) is 33.4 Å². The number of aliphatic hydroxyl groups excluding tert-OH is 2. The molecule has 2 aromatic carbocycles.